The van der Waals surface area contributed by atoms with Crippen molar-refractivity contribution in [3.05, 3.63) is 30.0 Å². The van der Waals surface area contributed by atoms with Crippen LogP contribution in [0.15, 0.2) is 24.3 Å². The van der Waals surface area contributed by atoms with Gasteiger partial charge in [-0.2, -0.15) is 5.10 Å². The Labute approximate surface area is 123 Å². The zero-order valence-corrected chi connectivity index (χ0v) is 12.3. The summed E-state index contributed by atoms with van der Waals surface area (Å²) < 4.78 is 1.88. The number of nitrogens with one attached hydrogen (secondary N) is 2. The van der Waals surface area contributed by atoms with Crippen molar-refractivity contribution in [3.8, 4) is 0 Å². The summed E-state index contributed by atoms with van der Waals surface area (Å²) in [5.41, 5.74) is 2.05. The lowest BCUT2D eigenvalue weighted by Gasteiger charge is -2.13. The summed E-state index contributed by atoms with van der Waals surface area (Å²) in [7, 11) is 1.94. The minimum absolute atomic E-state index is 0.0575. The van der Waals surface area contributed by atoms with E-state index in [1.807, 2.05) is 30.8 Å². The monoisotopic (exact) mass is 284 g/mol. The maximum Gasteiger partial charge on any atom is 0.224 e. The molecule has 21 heavy (non-hydrogen) atoms. The maximum absolute atomic E-state index is 12.4. The van der Waals surface area contributed by atoms with Gasteiger partial charge in [-0.25, -0.2) is 0 Å². The van der Waals surface area contributed by atoms with Crippen LogP contribution in [0.3, 0.4) is 0 Å². The number of piperidine rings is 1. The highest BCUT2D eigenvalue weighted by Gasteiger charge is 2.56. The Balaban J connectivity index is 1.54. The number of hydrogen-bond acceptors (Lipinski definition) is 3. The Morgan fingerprint density at radius 1 is 1.38 bits per heavy atom. The highest BCUT2D eigenvalue weighted by molar-refractivity contribution is 5.85. The first-order valence-corrected chi connectivity index (χ1v) is 7.59. The van der Waals surface area contributed by atoms with Crippen molar-refractivity contribution in [1.29, 1.82) is 0 Å². The topological polar surface area (TPSA) is 59.0 Å². The fourth-order valence-electron chi connectivity index (χ4n) is 3.75. The fraction of sp³-hybridized carbons (Fsp3) is 0.500. The molecule has 1 amide bonds. The molecule has 1 aromatic heterocycles. The molecule has 2 heterocycles. The van der Waals surface area contributed by atoms with Crippen LogP contribution in [0.1, 0.15) is 18.7 Å². The normalized spacial score (nSPS) is 28.4. The first-order chi connectivity index (χ1) is 10.2. The summed E-state index contributed by atoms with van der Waals surface area (Å²) in [5, 5.41) is 12.2. The van der Waals surface area contributed by atoms with E-state index in [2.05, 4.69) is 27.9 Å². The van der Waals surface area contributed by atoms with E-state index in [-0.39, 0.29) is 17.9 Å². The Bertz CT molecular complexity index is 697. The lowest BCUT2D eigenvalue weighted by Crippen LogP contribution is -2.32. The van der Waals surface area contributed by atoms with E-state index in [4.69, 9.17) is 0 Å². The smallest absolute Gasteiger partial charge is 0.224 e. The van der Waals surface area contributed by atoms with Crippen molar-refractivity contribution in [2.45, 2.75) is 13.0 Å². The minimum atomic E-state index is -0.0575. The highest BCUT2D eigenvalue weighted by Crippen LogP contribution is 2.48. The van der Waals surface area contributed by atoms with Gasteiger partial charge < -0.3 is 10.6 Å². The molecule has 0 radical (unpaired) electrons. The third kappa shape index (κ3) is 1.95. The summed E-state index contributed by atoms with van der Waals surface area (Å²) in [6.45, 7) is 4.00. The molecule has 0 bridgehead atoms. The van der Waals surface area contributed by atoms with Crippen molar-refractivity contribution in [1.82, 2.24) is 20.4 Å². The van der Waals surface area contributed by atoms with Crippen LogP contribution in [0.5, 0.6) is 0 Å². The molecule has 1 aliphatic carbocycles. The van der Waals surface area contributed by atoms with Crippen LogP contribution in [-0.2, 0) is 11.8 Å². The average molecular weight is 284 g/mol. The summed E-state index contributed by atoms with van der Waals surface area (Å²) in [5.74, 6) is 1.51. The number of rotatable bonds is 3. The highest BCUT2D eigenvalue weighted by atomic mass is 16.2. The maximum atomic E-state index is 12.4. The van der Waals surface area contributed by atoms with Gasteiger partial charge in [0.15, 0.2) is 0 Å². The molecule has 1 aliphatic heterocycles. The van der Waals surface area contributed by atoms with Crippen molar-refractivity contribution >= 4 is 16.8 Å². The van der Waals surface area contributed by atoms with Crippen LogP contribution < -0.4 is 10.6 Å². The van der Waals surface area contributed by atoms with E-state index in [9.17, 15) is 4.79 Å². The first-order valence-electron chi connectivity index (χ1n) is 7.59. The molecule has 1 aromatic carbocycles. The van der Waals surface area contributed by atoms with Crippen molar-refractivity contribution in [2.24, 2.45) is 24.8 Å². The van der Waals surface area contributed by atoms with Crippen molar-refractivity contribution < 1.29 is 4.79 Å². The molecular formula is C16H20N4O. The number of fused-ring (bicyclic) bond motifs is 2. The number of carbonyl (C=O) groups excluding carboxylic acids is 1. The molecular weight excluding hydrogens is 264 g/mol. The van der Waals surface area contributed by atoms with E-state index in [0.29, 0.717) is 11.8 Å². The summed E-state index contributed by atoms with van der Waals surface area (Å²) >= 11 is 0. The van der Waals surface area contributed by atoms with Gasteiger partial charge >= 0.3 is 0 Å². The van der Waals surface area contributed by atoms with Crippen LogP contribution in [0.4, 0.5) is 0 Å². The fourth-order valence-corrected chi connectivity index (χ4v) is 3.75. The molecule has 2 unspecified atom stereocenters. The van der Waals surface area contributed by atoms with E-state index in [1.165, 1.54) is 0 Å². The largest absolute Gasteiger partial charge is 0.348 e. The zero-order chi connectivity index (χ0) is 14.6. The van der Waals surface area contributed by atoms with Crippen LogP contribution in [0.2, 0.25) is 0 Å². The predicted molar refractivity (Wildman–Crippen MR) is 80.6 cm³/mol. The molecule has 4 rings (SSSR count). The SMILES string of the molecule is CC(NC(=O)C1[C@H]2CNC[C@@H]12)c1nn(C)c2ccccc12. The predicted octanol–water partition coefficient (Wildman–Crippen LogP) is 1.22. The van der Waals surface area contributed by atoms with Gasteiger partial charge in [0.25, 0.3) is 0 Å². The van der Waals surface area contributed by atoms with Gasteiger partial charge in [-0.3, -0.25) is 9.48 Å². The van der Waals surface area contributed by atoms with Crippen molar-refractivity contribution in [2.75, 3.05) is 13.1 Å². The molecule has 5 heteroatoms. The van der Waals surface area contributed by atoms with E-state index in [0.717, 1.165) is 29.7 Å². The summed E-state index contributed by atoms with van der Waals surface area (Å²) in [6.07, 6.45) is 0. The Kier molecular flexibility index (Phi) is 2.79. The number of hydrogen-bond donors (Lipinski definition) is 2. The molecule has 5 nitrogen and oxygen atoms in total. The lowest BCUT2D eigenvalue weighted by atomic mass is 10.1. The van der Waals surface area contributed by atoms with Gasteiger partial charge in [-0.1, -0.05) is 18.2 Å². The number of amides is 1. The second-order valence-corrected chi connectivity index (χ2v) is 6.27. The van der Waals surface area contributed by atoms with Gasteiger partial charge in [0.1, 0.15) is 0 Å². The van der Waals surface area contributed by atoms with E-state index < -0.39 is 0 Å². The average Bonchev–Trinajstić information content (AvgIpc) is 2.83. The number of aromatic nitrogens is 2. The molecule has 1 saturated carbocycles. The van der Waals surface area contributed by atoms with Crippen LogP contribution >= 0.6 is 0 Å². The standard InChI is InChI=1S/C16H20N4O/c1-9(18-16(21)14-11-7-17-8-12(11)14)15-10-5-3-4-6-13(10)20(2)19-15/h3-6,9,11-12,14,17H,7-8H2,1-2H3,(H,18,21)/t9?,11-,12+,14?. The third-order valence-electron chi connectivity index (χ3n) is 4.95. The number of carbonyl (C=O) groups is 1. The van der Waals surface area contributed by atoms with E-state index in [1.54, 1.807) is 0 Å². The Hall–Kier alpha value is -1.88. The van der Waals surface area contributed by atoms with Gasteiger partial charge in [-0.15, -0.1) is 0 Å². The number of nitrogens with zero attached hydrogens (tertiary/aromatic N) is 2. The summed E-state index contributed by atoms with van der Waals surface area (Å²) in [4.78, 5) is 12.4. The number of aryl methyl sites for hydroxylation is 1. The second kappa shape index (κ2) is 4.56. The van der Waals surface area contributed by atoms with Gasteiger partial charge in [-0.05, 0) is 37.9 Å². The Morgan fingerprint density at radius 2 is 2.10 bits per heavy atom. The van der Waals surface area contributed by atoms with Gasteiger partial charge in [0.05, 0.1) is 17.3 Å². The second-order valence-electron chi connectivity index (χ2n) is 6.27. The van der Waals surface area contributed by atoms with Crippen LogP contribution in [0, 0.1) is 17.8 Å². The zero-order valence-electron chi connectivity index (χ0n) is 12.3. The number of benzene rings is 1. The lowest BCUT2D eigenvalue weighted by molar-refractivity contribution is -0.123. The van der Waals surface area contributed by atoms with Crippen molar-refractivity contribution in [3.63, 3.8) is 0 Å². The molecule has 4 atom stereocenters. The molecule has 2 N–H and O–H groups in total. The quantitative estimate of drug-likeness (QED) is 0.891. The minimum Gasteiger partial charge on any atom is -0.348 e. The Morgan fingerprint density at radius 3 is 2.86 bits per heavy atom. The van der Waals surface area contributed by atoms with Gasteiger partial charge in [0.2, 0.25) is 5.91 Å². The van der Waals surface area contributed by atoms with Gasteiger partial charge in [0, 0.05) is 18.4 Å². The molecule has 1 saturated heterocycles. The summed E-state index contributed by atoms with van der Waals surface area (Å²) in [6, 6.07) is 8.08. The van der Waals surface area contributed by atoms with Crippen LogP contribution in [-0.4, -0.2) is 28.8 Å². The first kappa shape index (κ1) is 12.8. The van der Waals surface area contributed by atoms with Crippen LogP contribution in [0.25, 0.3) is 10.9 Å². The molecule has 110 valence electrons. The molecule has 0 spiro atoms. The third-order valence-corrected chi connectivity index (χ3v) is 4.95. The molecule has 2 aromatic rings. The number of para-hydroxylation sites is 1. The molecule has 2 fully saturated rings. The van der Waals surface area contributed by atoms with E-state index >= 15 is 0 Å². The molecule has 2 aliphatic rings.